The first-order valence-electron chi connectivity index (χ1n) is 8.60. The number of hydrogen-bond donors (Lipinski definition) is 3. The number of carboxylic acid groups (broad SMARTS) is 1. The first kappa shape index (κ1) is 19.1. The first-order chi connectivity index (χ1) is 13.5. The van der Waals surface area contributed by atoms with Gasteiger partial charge in [-0.05, 0) is 42.0 Å². The molecule has 0 unspecified atom stereocenters. The van der Waals surface area contributed by atoms with Gasteiger partial charge in [-0.1, -0.05) is 48.5 Å². The Bertz CT molecular complexity index is 959. The highest BCUT2D eigenvalue weighted by atomic mass is 16.5. The Kier molecular flexibility index (Phi) is 5.72. The molecule has 0 spiro atoms. The average Bonchev–Trinajstić information content (AvgIpc) is 2.73. The van der Waals surface area contributed by atoms with E-state index in [1.807, 2.05) is 18.2 Å². The van der Waals surface area contributed by atoms with Crippen LogP contribution in [-0.2, 0) is 10.3 Å². The fraction of sp³-hybridized carbons (Fsp3) is 0.0909. The van der Waals surface area contributed by atoms with Gasteiger partial charge in [0.05, 0.1) is 6.61 Å². The number of aliphatic hydroxyl groups excluding tert-OH is 1. The molecule has 0 aromatic heterocycles. The van der Waals surface area contributed by atoms with Gasteiger partial charge in [0.1, 0.15) is 11.5 Å². The highest BCUT2D eigenvalue weighted by Crippen LogP contribution is 2.28. The maximum atomic E-state index is 12.6. The van der Waals surface area contributed by atoms with Crippen LogP contribution in [0.3, 0.4) is 0 Å². The third-order valence-corrected chi connectivity index (χ3v) is 4.27. The zero-order valence-electron chi connectivity index (χ0n) is 14.9. The number of carboxylic acids is 1. The third kappa shape index (κ3) is 4.02. The van der Waals surface area contributed by atoms with E-state index >= 15 is 0 Å². The van der Waals surface area contributed by atoms with Gasteiger partial charge in [-0.15, -0.1) is 0 Å². The predicted molar refractivity (Wildman–Crippen MR) is 103 cm³/mol. The topological polar surface area (TPSA) is 95.9 Å². The molecule has 0 saturated heterocycles. The first-order valence-corrected chi connectivity index (χ1v) is 8.60. The number of rotatable bonds is 7. The van der Waals surface area contributed by atoms with E-state index < -0.39 is 24.0 Å². The lowest BCUT2D eigenvalue weighted by Crippen LogP contribution is -2.54. The van der Waals surface area contributed by atoms with Gasteiger partial charge in [-0.2, -0.15) is 0 Å². The monoisotopic (exact) mass is 377 g/mol. The van der Waals surface area contributed by atoms with Crippen molar-refractivity contribution in [3.63, 3.8) is 0 Å². The second kappa shape index (κ2) is 8.37. The number of nitrogens with one attached hydrogen (secondary N) is 1. The van der Waals surface area contributed by atoms with Crippen molar-refractivity contribution >= 4 is 11.9 Å². The molecule has 0 aliphatic carbocycles. The molecule has 6 heteroatoms. The maximum absolute atomic E-state index is 12.6. The Labute approximate surface area is 162 Å². The summed E-state index contributed by atoms with van der Waals surface area (Å²) in [5.41, 5.74) is -1.53. The SMILES string of the molecule is O=C(N[C@@](CO)(C(=O)O)c1cccc(Oc2ccccc2)c1)c1ccccc1. The molecule has 1 atom stereocenters. The number of benzene rings is 3. The normalized spacial score (nSPS) is 12.6. The second-order valence-electron chi connectivity index (χ2n) is 6.13. The van der Waals surface area contributed by atoms with E-state index in [0.717, 1.165) is 0 Å². The van der Waals surface area contributed by atoms with Crippen LogP contribution in [0.25, 0.3) is 0 Å². The molecule has 3 N–H and O–H groups in total. The quantitative estimate of drug-likeness (QED) is 0.588. The van der Waals surface area contributed by atoms with E-state index in [1.54, 1.807) is 54.6 Å². The van der Waals surface area contributed by atoms with Crippen molar-refractivity contribution in [2.75, 3.05) is 6.61 Å². The van der Waals surface area contributed by atoms with E-state index in [2.05, 4.69) is 5.32 Å². The van der Waals surface area contributed by atoms with Crippen LogP contribution in [0, 0.1) is 0 Å². The molecule has 3 aromatic rings. The highest BCUT2D eigenvalue weighted by Gasteiger charge is 2.42. The van der Waals surface area contributed by atoms with E-state index in [0.29, 0.717) is 17.1 Å². The van der Waals surface area contributed by atoms with E-state index in [9.17, 15) is 19.8 Å². The van der Waals surface area contributed by atoms with Crippen LogP contribution in [0.2, 0.25) is 0 Å². The Morgan fingerprint density at radius 2 is 1.46 bits per heavy atom. The lowest BCUT2D eigenvalue weighted by molar-refractivity contribution is -0.146. The lowest BCUT2D eigenvalue weighted by Gasteiger charge is -2.29. The van der Waals surface area contributed by atoms with Gasteiger partial charge in [0.25, 0.3) is 5.91 Å². The molecule has 3 aromatic carbocycles. The number of carbonyl (C=O) groups is 2. The summed E-state index contributed by atoms with van der Waals surface area (Å²) in [7, 11) is 0. The van der Waals surface area contributed by atoms with Crippen molar-refractivity contribution in [1.29, 1.82) is 0 Å². The highest BCUT2D eigenvalue weighted by molar-refractivity contribution is 5.98. The Morgan fingerprint density at radius 1 is 0.857 bits per heavy atom. The van der Waals surface area contributed by atoms with Gasteiger partial charge in [-0.25, -0.2) is 4.79 Å². The maximum Gasteiger partial charge on any atom is 0.336 e. The molecule has 3 rings (SSSR count). The third-order valence-electron chi connectivity index (χ3n) is 4.27. The summed E-state index contributed by atoms with van der Waals surface area (Å²) < 4.78 is 5.74. The average molecular weight is 377 g/mol. The fourth-order valence-electron chi connectivity index (χ4n) is 2.75. The minimum absolute atomic E-state index is 0.195. The van der Waals surface area contributed by atoms with Crippen molar-refractivity contribution in [3.05, 3.63) is 96.1 Å². The summed E-state index contributed by atoms with van der Waals surface area (Å²) in [5.74, 6) is -1.02. The smallest absolute Gasteiger partial charge is 0.336 e. The van der Waals surface area contributed by atoms with Crippen LogP contribution < -0.4 is 10.1 Å². The number of aliphatic carboxylic acids is 1. The standard InChI is InChI=1S/C22H19NO5/c24-15-22(21(26)27,23-20(25)16-8-3-1-4-9-16)17-10-7-13-19(14-17)28-18-11-5-2-6-12-18/h1-14,24H,15H2,(H,23,25)(H,26,27)/t22-/m1/s1. The molecule has 6 nitrogen and oxygen atoms in total. The molecule has 0 bridgehead atoms. The zero-order chi connectivity index (χ0) is 20.0. The Morgan fingerprint density at radius 3 is 2.07 bits per heavy atom. The predicted octanol–water partition coefficient (Wildman–Crippen LogP) is 3.18. The van der Waals surface area contributed by atoms with Crippen molar-refractivity contribution in [3.8, 4) is 11.5 Å². The number of ether oxygens (including phenoxy) is 1. The fourth-order valence-corrected chi connectivity index (χ4v) is 2.75. The van der Waals surface area contributed by atoms with Crippen LogP contribution in [0.4, 0.5) is 0 Å². The van der Waals surface area contributed by atoms with Crippen LogP contribution >= 0.6 is 0 Å². The molecule has 1 amide bonds. The molecule has 0 aliphatic heterocycles. The van der Waals surface area contributed by atoms with Crippen LogP contribution in [0.15, 0.2) is 84.9 Å². The van der Waals surface area contributed by atoms with E-state index in [-0.39, 0.29) is 5.56 Å². The van der Waals surface area contributed by atoms with Gasteiger partial charge in [0.2, 0.25) is 0 Å². The van der Waals surface area contributed by atoms with Crippen molar-refractivity contribution in [1.82, 2.24) is 5.32 Å². The second-order valence-corrected chi connectivity index (χ2v) is 6.13. The van der Waals surface area contributed by atoms with Gasteiger partial charge in [-0.3, -0.25) is 4.79 Å². The molecule has 28 heavy (non-hydrogen) atoms. The van der Waals surface area contributed by atoms with Crippen molar-refractivity contribution in [2.24, 2.45) is 0 Å². The van der Waals surface area contributed by atoms with E-state index in [1.165, 1.54) is 12.1 Å². The summed E-state index contributed by atoms with van der Waals surface area (Å²) in [6, 6.07) is 23.5. The number of aliphatic hydroxyl groups is 1. The minimum Gasteiger partial charge on any atom is -0.479 e. The molecular weight excluding hydrogens is 358 g/mol. The molecular formula is C22H19NO5. The zero-order valence-corrected chi connectivity index (χ0v) is 14.9. The van der Waals surface area contributed by atoms with Gasteiger partial charge in [0, 0.05) is 5.56 Å². The lowest BCUT2D eigenvalue weighted by atomic mass is 9.90. The van der Waals surface area contributed by atoms with Crippen LogP contribution in [0.1, 0.15) is 15.9 Å². The van der Waals surface area contributed by atoms with Gasteiger partial charge < -0.3 is 20.3 Å². The van der Waals surface area contributed by atoms with Crippen LogP contribution in [0.5, 0.6) is 11.5 Å². The number of carbonyl (C=O) groups excluding carboxylic acids is 1. The Hall–Kier alpha value is -3.64. The van der Waals surface area contributed by atoms with Crippen LogP contribution in [-0.4, -0.2) is 28.7 Å². The summed E-state index contributed by atoms with van der Waals surface area (Å²) in [6.07, 6.45) is 0. The Balaban J connectivity index is 1.94. The molecule has 0 aliphatic rings. The number of amides is 1. The van der Waals surface area contributed by atoms with Gasteiger partial charge in [0.15, 0.2) is 5.54 Å². The number of hydrogen-bond acceptors (Lipinski definition) is 4. The summed E-state index contributed by atoms with van der Waals surface area (Å²) >= 11 is 0. The molecule has 0 saturated carbocycles. The molecule has 0 fully saturated rings. The minimum atomic E-state index is -2.01. The number of para-hydroxylation sites is 1. The summed E-state index contributed by atoms with van der Waals surface area (Å²) in [4.78, 5) is 24.6. The molecule has 0 radical (unpaired) electrons. The summed E-state index contributed by atoms with van der Waals surface area (Å²) in [5, 5.41) is 22.2. The van der Waals surface area contributed by atoms with Gasteiger partial charge >= 0.3 is 5.97 Å². The summed E-state index contributed by atoms with van der Waals surface area (Å²) in [6.45, 7) is -0.824. The van der Waals surface area contributed by atoms with Crippen molar-refractivity contribution in [2.45, 2.75) is 5.54 Å². The van der Waals surface area contributed by atoms with Crippen molar-refractivity contribution < 1.29 is 24.5 Å². The largest absolute Gasteiger partial charge is 0.479 e. The van der Waals surface area contributed by atoms with E-state index in [4.69, 9.17) is 4.74 Å². The molecule has 142 valence electrons. The molecule has 0 heterocycles.